The van der Waals surface area contributed by atoms with E-state index < -0.39 is 6.04 Å². The number of nitrogens with one attached hydrogen (secondary N) is 1. The maximum atomic E-state index is 12.1. The number of carbonyl (C=O) groups excluding carboxylic acids is 1. The van der Waals surface area contributed by atoms with Crippen LogP contribution >= 0.6 is 12.4 Å². The highest BCUT2D eigenvalue weighted by atomic mass is 35.5. The summed E-state index contributed by atoms with van der Waals surface area (Å²) in [7, 11) is 0. The smallest absolute Gasteiger partial charge is 0.237 e. The molecule has 2 aromatic rings. The molecule has 0 saturated heterocycles. The molecule has 1 heterocycles. The van der Waals surface area contributed by atoms with Crippen molar-refractivity contribution in [1.82, 2.24) is 20.1 Å². The molecule has 0 spiro atoms. The van der Waals surface area contributed by atoms with Gasteiger partial charge >= 0.3 is 0 Å². The second-order valence-electron chi connectivity index (χ2n) is 5.57. The summed E-state index contributed by atoms with van der Waals surface area (Å²) < 4.78 is 1.69. The van der Waals surface area contributed by atoms with Crippen LogP contribution < -0.4 is 11.1 Å². The van der Waals surface area contributed by atoms with E-state index in [9.17, 15) is 4.79 Å². The van der Waals surface area contributed by atoms with Crippen LogP contribution in [0, 0.1) is 5.92 Å². The predicted molar refractivity (Wildman–Crippen MR) is 92.6 cm³/mol. The van der Waals surface area contributed by atoms with Crippen molar-refractivity contribution in [3.05, 3.63) is 42.5 Å². The Labute approximate surface area is 142 Å². The second kappa shape index (κ2) is 8.64. The number of nitrogens with two attached hydrogens (primary N) is 1. The Morgan fingerprint density at radius 2 is 1.96 bits per heavy atom. The molecule has 3 unspecified atom stereocenters. The SMILES string of the molecule is CCC(C)C(N)C(=O)NC(C)c1ccc(-n2cncn2)cc1.Cl. The quantitative estimate of drug-likeness (QED) is 0.846. The molecule has 3 N–H and O–H groups in total. The average Bonchev–Trinajstić information content (AvgIpc) is 3.07. The summed E-state index contributed by atoms with van der Waals surface area (Å²) in [4.78, 5) is 16.0. The molecule has 0 fully saturated rings. The second-order valence-corrected chi connectivity index (χ2v) is 5.57. The number of rotatable bonds is 6. The molecule has 0 aliphatic heterocycles. The Kier molecular flexibility index (Phi) is 7.19. The van der Waals surface area contributed by atoms with Crippen LogP contribution in [0.3, 0.4) is 0 Å². The van der Waals surface area contributed by atoms with Crippen LogP contribution in [0.5, 0.6) is 0 Å². The minimum absolute atomic E-state index is 0. The Morgan fingerprint density at radius 3 is 2.48 bits per heavy atom. The molecule has 0 aliphatic rings. The summed E-state index contributed by atoms with van der Waals surface area (Å²) in [5.41, 5.74) is 7.90. The summed E-state index contributed by atoms with van der Waals surface area (Å²) in [6.45, 7) is 5.97. The highest BCUT2D eigenvalue weighted by molar-refractivity contribution is 5.85. The molecule has 1 amide bonds. The number of nitrogens with zero attached hydrogens (tertiary/aromatic N) is 3. The van der Waals surface area contributed by atoms with Crippen LogP contribution in [0.1, 0.15) is 38.8 Å². The van der Waals surface area contributed by atoms with E-state index in [1.54, 1.807) is 11.0 Å². The van der Waals surface area contributed by atoms with Gasteiger partial charge in [0.15, 0.2) is 0 Å². The Balaban J connectivity index is 0.00000264. The molecule has 23 heavy (non-hydrogen) atoms. The van der Waals surface area contributed by atoms with E-state index >= 15 is 0 Å². The van der Waals surface area contributed by atoms with Gasteiger partial charge in [0, 0.05) is 0 Å². The fourth-order valence-electron chi connectivity index (χ4n) is 2.16. The van der Waals surface area contributed by atoms with Crippen LogP contribution in [-0.4, -0.2) is 26.7 Å². The zero-order valence-electron chi connectivity index (χ0n) is 13.6. The van der Waals surface area contributed by atoms with Gasteiger partial charge in [-0.15, -0.1) is 12.4 Å². The van der Waals surface area contributed by atoms with Crippen LogP contribution in [0.2, 0.25) is 0 Å². The highest BCUT2D eigenvalue weighted by Crippen LogP contribution is 2.16. The summed E-state index contributed by atoms with van der Waals surface area (Å²) in [6.07, 6.45) is 4.02. The first-order chi connectivity index (χ1) is 10.5. The van der Waals surface area contributed by atoms with Gasteiger partial charge in [0.05, 0.1) is 17.8 Å². The van der Waals surface area contributed by atoms with Crippen molar-refractivity contribution in [2.45, 2.75) is 39.3 Å². The van der Waals surface area contributed by atoms with Crippen molar-refractivity contribution in [2.24, 2.45) is 11.7 Å². The Morgan fingerprint density at radius 1 is 1.30 bits per heavy atom. The number of carbonyl (C=O) groups is 1. The third kappa shape index (κ3) is 4.77. The fraction of sp³-hybridized carbons (Fsp3) is 0.438. The molecule has 6 nitrogen and oxygen atoms in total. The maximum Gasteiger partial charge on any atom is 0.237 e. The van der Waals surface area contributed by atoms with Gasteiger partial charge in [0.2, 0.25) is 5.91 Å². The number of hydrogen-bond donors (Lipinski definition) is 2. The molecule has 0 aliphatic carbocycles. The molecule has 0 saturated carbocycles. The van der Waals surface area contributed by atoms with Gasteiger partial charge in [-0.3, -0.25) is 4.79 Å². The molecular weight excluding hydrogens is 314 g/mol. The first-order valence-electron chi connectivity index (χ1n) is 7.53. The van der Waals surface area contributed by atoms with Crippen molar-refractivity contribution in [3.8, 4) is 5.69 Å². The van der Waals surface area contributed by atoms with Crippen molar-refractivity contribution < 1.29 is 4.79 Å². The largest absolute Gasteiger partial charge is 0.348 e. The normalized spacial score (nSPS) is 14.4. The van der Waals surface area contributed by atoms with E-state index in [0.29, 0.717) is 0 Å². The lowest BCUT2D eigenvalue weighted by Gasteiger charge is -2.21. The van der Waals surface area contributed by atoms with E-state index in [0.717, 1.165) is 17.7 Å². The van der Waals surface area contributed by atoms with E-state index in [1.165, 1.54) is 6.33 Å². The number of hydrogen-bond acceptors (Lipinski definition) is 4. The third-order valence-corrected chi connectivity index (χ3v) is 3.99. The van der Waals surface area contributed by atoms with E-state index in [1.807, 2.05) is 45.0 Å². The van der Waals surface area contributed by atoms with Crippen molar-refractivity contribution in [3.63, 3.8) is 0 Å². The minimum atomic E-state index is -0.470. The molecule has 3 atom stereocenters. The van der Waals surface area contributed by atoms with Gasteiger partial charge in [-0.05, 0) is 30.5 Å². The average molecular weight is 338 g/mol. The maximum absolute atomic E-state index is 12.1. The monoisotopic (exact) mass is 337 g/mol. The van der Waals surface area contributed by atoms with Gasteiger partial charge < -0.3 is 11.1 Å². The lowest BCUT2D eigenvalue weighted by atomic mass is 9.98. The zero-order chi connectivity index (χ0) is 16.1. The fourth-order valence-corrected chi connectivity index (χ4v) is 2.16. The highest BCUT2D eigenvalue weighted by Gasteiger charge is 2.21. The van der Waals surface area contributed by atoms with Crippen molar-refractivity contribution in [2.75, 3.05) is 0 Å². The van der Waals surface area contributed by atoms with Gasteiger partial charge in [-0.2, -0.15) is 5.10 Å². The van der Waals surface area contributed by atoms with E-state index in [2.05, 4.69) is 15.4 Å². The lowest BCUT2D eigenvalue weighted by molar-refractivity contribution is -0.124. The summed E-state index contributed by atoms with van der Waals surface area (Å²) in [5, 5.41) is 7.05. The molecule has 0 radical (unpaired) electrons. The third-order valence-electron chi connectivity index (χ3n) is 3.99. The van der Waals surface area contributed by atoms with E-state index in [-0.39, 0.29) is 30.3 Å². The first-order valence-corrected chi connectivity index (χ1v) is 7.53. The van der Waals surface area contributed by atoms with Crippen molar-refractivity contribution in [1.29, 1.82) is 0 Å². The topological polar surface area (TPSA) is 85.8 Å². The van der Waals surface area contributed by atoms with Crippen LogP contribution in [-0.2, 0) is 4.79 Å². The first kappa shape index (κ1) is 19.1. The van der Waals surface area contributed by atoms with Gasteiger partial charge in [-0.25, -0.2) is 9.67 Å². The molecule has 126 valence electrons. The minimum Gasteiger partial charge on any atom is -0.348 e. The molecular formula is C16H24ClN5O. The Hall–Kier alpha value is -1.92. The number of benzene rings is 1. The van der Waals surface area contributed by atoms with Gasteiger partial charge in [0.1, 0.15) is 12.7 Å². The summed E-state index contributed by atoms with van der Waals surface area (Å²) in [6, 6.07) is 7.27. The number of aromatic nitrogens is 3. The molecule has 1 aromatic heterocycles. The van der Waals surface area contributed by atoms with Gasteiger partial charge in [0.25, 0.3) is 0 Å². The molecule has 7 heteroatoms. The van der Waals surface area contributed by atoms with E-state index in [4.69, 9.17) is 5.73 Å². The van der Waals surface area contributed by atoms with Crippen LogP contribution in [0.4, 0.5) is 0 Å². The number of halogens is 1. The zero-order valence-corrected chi connectivity index (χ0v) is 14.5. The van der Waals surface area contributed by atoms with Gasteiger partial charge in [-0.1, -0.05) is 32.4 Å². The molecule has 1 aromatic carbocycles. The Bertz CT molecular complexity index is 599. The summed E-state index contributed by atoms with van der Waals surface area (Å²) in [5.74, 6) is 0.0593. The summed E-state index contributed by atoms with van der Waals surface area (Å²) >= 11 is 0. The molecule has 0 bridgehead atoms. The van der Waals surface area contributed by atoms with Crippen LogP contribution in [0.25, 0.3) is 5.69 Å². The molecule has 2 rings (SSSR count). The standard InChI is InChI=1S/C16H23N5O.ClH/c1-4-11(2)15(17)16(22)20-12(3)13-5-7-14(8-6-13)21-10-18-9-19-21;/h5-12,15H,4,17H2,1-3H3,(H,20,22);1H. The lowest BCUT2D eigenvalue weighted by Crippen LogP contribution is -2.45. The van der Waals surface area contributed by atoms with Crippen molar-refractivity contribution >= 4 is 18.3 Å². The predicted octanol–water partition coefficient (Wildman–Crippen LogP) is 2.24. The number of amides is 1. The van der Waals surface area contributed by atoms with Crippen LogP contribution in [0.15, 0.2) is 36.9 Å².